The molecular weight excluding hydrogens is 408 g/mol. The molecule has 0 aliphatic carbocycles. The largest absolute Gasteiger partial charge is 0.477 e. The van der Waals surface area contributed by atoms with Crippen molar-refractivity contribution in [2.75, 3.05) is 24.8 Å². The number of aliphatic carboxylic acids is 1. The number of aliphatic imine (C=N–C) groups is 1. The molecule has 0 aromatic rings. The Bertz CT molecular complexity index is 856. The second kappa shape index (κ2) is 7.42. The lowest BCUT2D eigenvalue weighted by molar-refractivity contribution is -0.147. The first-order chi connectivity index (χ1) is 13.4. The Morgan fingerprint density at radius 1 is 1.46 bits per heavy atom. The highest BCUT2D eigenvalue weighted by atomic mass is 32.2. The lowest BCUT2D eigenvalue weighted by Crippen LogP contribution is -2.68. The molecule has 4 heterocycles. The molecule has 0 aromatic heterocycles. The van der Waals surface area contributed by atoms with Crippen molar-refractivity contribution in [3.05, 3.63) is 34.4 Å². The number of aliphatic hydroxyl groups excluding tert-OH is 2. The van der Waals surface area contributed by atoms with Crippen LogP contribution in [0.2, 0.25) is 0 Å². The zero-order valence-electron chi connectivity index (χ0n) is 14.5. The van der Waals surface area contributed by atoms with E-state index in [9.17, 15) is 24.9 Å². The third kappa shape index (κ3) is 3.09. The van der Waals surface area contributed by atoms with Gasteiger partial charge in [-0.25, -0.2) is 14.8 Å². The fraction of sp³-hybridized carbons (Fsp3) is 0.400. The van der Waals surface area contributed by atoms with Gasteiger partial charge in [0, 0.05) is 11.5 Å². The normalized spacial score (nSPS) is 26.5. The minimum atomic E-state index is -1.15. The van der Waals surface area contributed by atoms with E-state index in [0.717, 1.165) is 0 Å². The third-order valence-electron chi connectivity index (χ3n) is 4.50. The van der Waals surface area contributed by atoms with Crippen LogP contribution in [0.1, 0.15) is 0 Å². The summed E-state index contributed by atoms with van der Waals surface area (Å²) < 4.78 is 0. The number of nitrogens with one attached hydrogen (secondary N) is 1. The van der Waals surface area contributed by atoms with Crippen molar-refractivity contribution in [3.8, 4) is 0 Å². The molecule has 6 N–H and O–H groups in total. The van der Waals surface area contributed by atoms with Crippen molar-refractivity contribution in [2.45, 2.75) is 11.4 Å². The van der Waals surface area contributed by atoms with E-state index in [-0.39, 0.29) is 30.3 Å². The maximum absolute atomic E-state index is 12.0. The minimum Gasteiger partial charge on any atom is -0.477 e. The van der Waals surface area contributed by atoms with E-state index < -0.39 is 12.0 Å². The van der Waals surface area contributed by atoms with Crippen molar-refractivity contribution in [3.63, 3.8) is 0 Å². The number of thioether (sulfide) groups is 2. The van der Waals surface area contributed by atoms with Gasteiger partial charge in [-0.3, -0.25) is 14.7 Å². The Labute approximate surface area is 168 Å². The number of carbonyl (C=O) groups is 2. The van der Waals surface area contributed by atoms with Gasteiger partial charge in [0.2, 0.25) is 5.91 Å². The van der Waals surface area contributed by atoms with Crippen LogP contribution in [-0.4, -0.2) is 84.1 Å². The van der Waals surface area contributed by atoms with E-state index in [1.807, 2.05) is 0 Å². The number of hydrogen-bond donors (Lipinski definition) is 5. The second-order valence-corrected chi connectivity index (χ2v) is 8.36. The maximum atomic E-state index is 12.0. The van der Waals surface area contributed by atoms with Crippen molar-refractivity contribution in [2.24, 2.45) is 10.7 Å². The van der Waals surface area contributed by atoms with Crippen molar-refractivity contribution >= 4 is 41.1 Å². The van der Waals surface area contributed by atoms with Crippen molar-refractivity contribution < 1.29 is 24.9 Å². The number of β-lactam (4-membered cyclic amide) rings is 1. The molecule has 2 atom stereocenters. The van der Waals surface area contributed by atoms with Crippen LogP contribution in [0, 0.1) is 0 Å². The van der Waals surface area contributed by atoms with Crippen LogP contribution in [0.3, 0.4) is 0 Å². The van der Waals surface area contributed by atoms with Gasteiger partial charge in [0.05, 0.1) is 23.5 Å². The van der Waals surface area contributed by atoms with Crippen LogP contribution in [0.25, 0.3) is 0 Å². The van der Waals surface area contributed by atoms with Gasteiger partial charge in [0.1, 0.15) is 23.8 Å². The van der Waals surface area contributed by atoms with Crippen LogP contribution in [0.15, 0.2) is 39.4 Å². The number of carbonyl (C=O) groups excluding carboxylic acids is 1. The maximum Gasteiger partial charge on any atom is 0.352 e. The number of carboxylic acids is 1. The summed E-state index contributed by atoms with van der Waals surface area (Å²) in [5.74, 6) is -0.242. The smallest absolute Gasteiger partial charge is 0.352 e. The van der Waals surface area contributed by atoms with E-state index in [1.165, 1.54) is 33.4 Å². The van der Waals surface area contributed by atoms with Gasteiger partial charge in [-0.15, -0.1) is 29.1 Å². The summed E-state index contributed by atoms with van der Waals surface area (Å²) in [5.41, 5.74) is 9.76. The molecule has 1 amide bonds. The van der Waals surface area contributed by atoms with Gasteiger partial charge in [-0.05, 0) is 11.6 Å². The average Bonchev–Trinajstić information content (AvgIpc) is 3.13. The zero-order valence-corrected chi connectivity index (χ0v) is 16.1. The van der Waals surface area contributed by atoms with E-state index in [1.54, 1.807) is 17.3 Å². The lowest BCUT2D eigenvalue weighted by Gasteiger charge is -2.48. The Kier molecular flexibility index (Phi) is 5.11. The molecule has 13 heteroatoms. The Balaban J connectivity index is 1.55. The summed E-state index contributed by atoms with van der Waals surface area (Å²) in [6, 6.07) is -0.663. The Hall–Kier alpha value is -2.03. The summed E-state index contributed by atoms with van der Waals surface area (Å²) in [5, 5.41) is 31.8. The number of rotatable bonds is 6. The highest BCUT2D eigenvalue weighted by molar-refractivity contribution is 8.03. The first-order valence-corrected chi connectivity index (χ1v) is 10.3. The van der Waals surface area contributed by atoms with E-state index in [0.29, 0.717) is 33.6 Å². The SMILES string of the molecule is NC1C(=O)N2C(C(=O)O)=C(CSC3=CC(CO)=NC4=CN(CO)NN43)CS[C@H]12. The van der Waals surface area contributed by atoms with E-state index >= 15 is 0 Å². The van der Waals surface area contributed by atoms with Crippen molar-refractivity contribution in [1.29, 1.82) is 0 Å². The van der Waals surface area contributed by atoms with Crippen LogP contribution >= 0.6 is 23.5 Å². The number of nitrogens with two attached hydrogens (primary N) is 1. The third-order valence-corrected chi connectivity index (χ3v) is 6.95. The number of hydrogen-bond acceptors (Lipinski definition) is 11. The van der Waals surface area contributed by atoms with Gasteiger partial charge in [-0.2, -0.15) is 0 Å². The summed E-state index contributed by atoms with van der Waals surface area (Å²) in [7, 11) is 0. The van der Waals surface area contributed by atoms with Gasteiger partial charge < -0.3 is 21.1 Å². The molecule has 28 heavy (non-hydrogen) atoms. The fourth-order valence-electron chi connectivity index (χ4n) is 3.14. The summed E-state index contributed by atoms with van der Waals surface area (Å²) >= 11 is 2.79. The molecule has 4 rings (SSSR count). The second-order valence-electron chi connectivity index (χ2n) is 6.26. The predicted molar refractivity (Wildman–Crippen MR) is 103 cm³/mol. The molecule has 4 aliphatic heterocycles. The summed E-state index contributed by atoms with van der Waals surface area (Å²) in [6.07, 6.45) is 3.27. The van der Waals surface area contributed by atoms with Crippen LogP contribution < -0.4 is 11.3 Å². The first kappa shape index (κ1) is 19.3. The van der Waals surface area contributed by atoms with Crippen molar-refractivity contribution in [1.82, 2.24) is 20.5 Å². The molecular formula is C15H18N6O5S2. The number of hydrazine groups is 2. The summed E-state index contributed by atoms with van der Waals surface area (Å²) in [6.45, 7) is -0.527. The topological polar surface area (TPSA) is 155 Å². The monoisotopic (exact) mass is 426 g/mol. The molecule has 1 saturated heterocycles. The Morgan fingerprint density at radius 2 is 2.25 bits per heavy atom. The predicted octanol–water partition coefficient (Wildman–Crippen LogP) is -1.63. The van der Waals surface area contributed by atoms with Gasteiger partial charge in [0.15, 0.2) is 5.82 Å². The number of nitrogens with zero attached hydrogens (tertiary/aromatic N) is 4. The number of fused-ring (bicyclic) bond motifs is 2. The number of aliphatic hydroxyl groups is 2. The number of carboxylic acid groups (broad SMARTS) is 1. The first-order valence-electron chi connectivity index (χ1n) is 8.28. The van der Waals surface area contributed by atoms with Gasteiger partial charge in [-0.1, -0.05) is 0 Å². The molecule has 0 saturated carbocycles. The highest BCUT2D eigenvalue weighted by Crippen LogP contribution is 2.41. The molecule has 150 valence electrons. The van der Waals surface area contributed by atoms with Crippen LogP contribution in [-0.2, 0) is 9.59 Å². The van der Waals surface area contributed by atoms with Gasteiger partial charge in [0.25, 0.3) is 0 Å². The number of amides is 1. The Morgan fingerprint density at radius 3 is 2.93 bits per heavy atom. The van der Waals surface area contributed by atoms with E-state index in [4.69, 9.17) is 5.73 Å². The summed E-state index contributed by atoms with van der Waals surface area (Å²) in [4.78, 5) is 29.3. The van der Waals surface area contributed by atoms with E-state index in [2.05, 4.69) is 10.5 Å². The average molecular weight is 426 g/mol. The highest BCUT2D eigenvalue weighted by Gasteiger charge is 2.51. The quantitative estimate of drug-likeness (QED) is 0.311. The standard InChI is InChI=1S/C15H18N6O5S2/c16-11-13(24)20-12(15(25)26)7(5-28-14(11)20)4-27-10-1-8(3-22)17-9-2-19(6-23)18-21(9)10/h1-2,11,14,18,22-23H,3-6,16H2,(H,25,26)/t11?,14-/m1/s1. The molecule has 0 radical (unpaired) electrons. The molecule has 0 bridgehead atoms. The molecule has 11 nitrogen and oxygen atoms in total. The minimum absolute atomic E-state index is 0.00228. The zero-order chi connectivity index (χ0) is 20.0. The van der Waals surface area contributed by atoms with Crippen LogP contribution in [0.5, 0.6) is 0 Å². The molecule has 4 aliphatic rings. The molecule has 1 fully saturated rings. The van der Waals surface area contributed by atoms with Crippen LogP contribution in [0.4, 0.5) is 0 Å². The molecule has 0 aromatic carbocycles. The van der Waals surface area contributed by atoms with Gasteiger partial charge >= 0.3 is 5.97 Å². The lowest BCUT2D eigenvalue weighted by atomic mass is 10.0. The fourth-order valence-corrected chi connectivity index (χ4v) is 5.61. The molecule has 0 spiro atoms. The molecule has 1 unspecified atom stereocenters.